The van der Waals surface area contributed by atoms with Crippen molar-refractivity contribution in [1.29, 1.82) is 0 Å². The van der Waals surface area contributed by atoms with Crippen LogP contribution in [0.2, 0.25) is 0 Å². The molecule has 144 valence electrons. The second-order valence-corrected chi connectivity index (χ2v) is 7.77. The molecule has 1 saturated heterocycles. The van der Waals surface area contributed by atoms with Gasteiger partial charge in [0.2, 0.25) is 0 Å². The Morgan fingerprint density at radius 2 is 2.04 bits per heavy atom. The van der Waals surface area contributed by atoms with Crippen molar-refractivity contribution >= 4 is 5.71 Å². The van der Waals surface area contributed by atoms with Gasteiger partial charge in [0, 0.05) is 30.6 Å². The summed E-state index contributed by atoms with van der Waals surface area (Å²) in [5.74, 6) is 0.970. The number of nitrogens with zero attached hydrogens (tertiary/aromatic N) is 2. The highest BCUT2D eigenvalue weighted by Crippen LogP contribution is 2.55. The Morgan fingerprint density at radius 1 is 1.31 bits per heavy atom. The smallest absolute Gasteiger partial charge is 0.161 e. The number of phenols is 1. The quantitative estimate of drug-likeness (QED) is 0.639. The molecule has 1 heterocycles. The summed E-state index contributed by atoms with van der Waals surface area (Å²) in [6.45, 7) is 5.19. The number of methoxy groups -OCH3 is 2. The SMILES string of the molecule is COc1ccc(C)c(C23CCN(C)C(C)C2CC(OC)/C(=N/O)C3)c1O. The van der Waals surface area contributed by atoms with Crippen LogP contribution in [0.1, 0.15) is 37.3 Å². The first-order chi connectivity index (χ1) is 12.4. The number of ether oxygens (including phenoxy) is 2. The first-order valence-electron chi connectivity index (χ1n) is 9.20. The van der Waals surface area contributed by atoms with Crippen molar-refractivity contribution in [2.24, 2.45) is 11.1 Å². The maximum atomic E-state index is 11.0. The molecule has 1 aliphatic heterocycles. The van der Waals surface area contributed by atoms with Gasteiger partial charge in [-0.15, -0.1) is 0 Å². The van der Waals surface area contributed by atoms with Crippen LogP contribution in [-0.2, 0) is 10.2 Å². The number of likely N-dealkylation sites (tertiary alicyclic amines) is 1. The number of hydrogen-bond donors (Lipinski definition) is 2. The largest absolute Gasteiger partial charge is 0.504 e. The van der Waals surface area contributed by atoms with E-state index in [1.165, 1.54) is 0 Å². The number of aromatic hydroxyl groups is 1. The zero-order chi connectivity index (χ0) is 19.1. The molecule has 1 aliphatic carbocycles. The molecule has 0 bridgehead atoms. The van der Waals surface area contributed by atoms with Gasteiger partial charge in [-0.05, 0) is 57.8 Å². The molecule has 4 unspecified atom stereocenters. The summed E-state index contributed by atoms with van der Waals surface area (Å²) in [4.78, 5) is 2.36. The average Bonchev–Trinajstić information content (AvgIpc) is 2.64. The molecule has 0 aromatic heterocycles. The van der Waals surface area contributed by atoms with E-state index in [0.717, 1.165) is 30.5 Å². The summed E-state index contributed by atoms with van der Waals surface area (Å²) >= 11 is 0. The predicted octanol–water partition coefficient (Wildman–Crippen LogP) is 2.93. The van der Waals surface area contributed by atoms with Crippen molar-refractivity contribution in [2.45, 2.75) is 50.7 Å². The lowest BCUT2D eigenvalue weighted by Gasteiger charge is -2.55. The molecule has 6 nitrogen and oxygen atoms in total. The monoisotopic (exact) mass is 362 g/mol. The first kappa shape index (κ1) is 19.0. The number of aryl methyl sites for hydroxylation is 1. The molecule has 0 amide bonds. The summed E-state index contributed by atoms with van der Waals surface area (Å²) in [5.41, 5.74) is 2.32. The summed E-state index contributed by atoms with van der Waals surface area (Å²) in [6.07, 6.45) is 2.03. The fraction of sp³-hybridized carbons (Fsp3) is 0.650. The van der Waals surface area contributed by atoms with E-state index >= 15 is 0 Å². The zero-order valence-electron chi connectivity index (χ0n) is 16.3. The molecule has 1 saturated carbocycles. The summed E-state index contributed by atoms with van der Waals surface area (Å²) in [5, 5.41) is 24.2. The molecule has 2 N–H and O–H groups in total. The minimum Gasteiger partial charge on any atom is -0.504 e. The van der Waals surface area contributed by atoms with Gasteiger partial charge in [0.25, 0.3) is 0 Å². The summed E-state index contributed by atoms with van der Waals surface area (Å²) in [7, 11) is 5.38. The van der Waals surface area contributed by atoms with Crippen molar-refractivity contribution in [1.82, 2.24) is 4.90 Å². The van der Waals surface area contributed by atoms with Gasteiger partial charge in [0.1, 0.15) is 0 Å². The Balaban J connectivity index is 2.20. The van der Waals surface area contributed by atoms with Crippen LogP contribution in [0, 0.1) is 12.8 Å². The number of hydrogen-bond acceptors (Lipinski definition) is 6. The Kier molecular flexibility index (Phi) is 5.17. The first-order valence-corrected chi connectivity index (χ1v) is 9.20. The van der Waals surface area contributed by atoms with E-state index in [2.05, 4.69) is 24.0 Å². The van der Waals surface area contributed by atoms with Crippen LogP contribution in [0.4, 0.5) is 0 Å². The van der Waals surface area contributed by atoms with Gasteiger partial charge < -0.3 is 24.7 Å². The molecular weight excluding hydrogens is 332 g/mol. The van der Waals surface area contributed by atoms with Crippen LogP contribution >= 0.6 is 0 Å². The lowest BCUT2D eigenvalue weighted by atomic mass is 9.55. The minimum atomic E-state index is -0.300. The molecule has 26 heavy (non-hydrogen) atoms. The fourth-order valence-electron chi connectivity index (χ4n) is 5.18. The van der Waals surface area contributed by atoms with Gasteiger partial charge in [-0.1, -0.05) is 11.2 Å². The number of benzene rings is 1. The molecular formula is C20H30N2O4. The van der Waals surface area contributed by atoms with E-state index < -0.39 is 0 Å². The molecule has 1 aromatic rings. The van der Waals surface area contributed by atoms with Gasteiger partial charge in [-0.25, -0.2) is 0 Å². The molecule has 6 heteroatoms. The van der Waals surface area contributed by atoms with Gasteiger partial charge >= 0.3 is 0 Å². The second-order valence-electron chi connectivity index (χ2n) is 7.77. The van der Waals surface area contributed by atoms with E-state index in [4.69, 9.17) is 9.47 Å². The van der Waals surface area contributed by atoms with E-state index in [-0.39, 0.29) is 23.2 Å². The highest BCUT2D eigenvalue weighted by atomic mass is 16.5. The fourth-order valence-corrected chi connectivity index (χ4v) is 5.18. The number of fused-ring (bicyclic) bond motifs is 1. The van der Waals surface area contributed by atoms with Gasteiger partial charge in [0.05, 0.1) is 18.9 Å². The van der Waals surface area contributed by atoms with E-state index in [0.29, 0.717) is 23.9 Å². The predicted molar refractivity (Wildman–Crippen MR) is 101 cm³/mol. The lowest BCUT2D eigenvalue weighted by molar-refractivity contribution is 0.00286. The highest BCUT2D eigenvalue weighted by Gasteiger charge is 2.54. The molecule has 3 rings (SSSR count). The number of phenolic OH excluding ortho intramolecular Hbond substituents is 1. The van der Waals surface area contributed by atoms with Crippen LogP contribution in [0.5, 0.6) is 11.5 Å². The highest BCUT2D eigenvalue weighted by molar-refractivity contribution is 5.91. The topological polar surface area (TPSA) is 74.5 Å². The molecule has 2 aliphatic rings. The Morgan fingerprint density at radius 3 is 2.65 bits per heavy atom. The molecule has 4 atom stereocenters. The van der Waals surface area contributed by atoms with Gasteiger partial charge in [-0.2, -0.15) is 0 Å². The van der Waals surface area contributed by atoms with Crippen molar-refractivity contribution in [2.75, 3.05) is 27.8 Å². The van der Waals surface area contributed by atoms with E-state index in [1.807, 2.05) is 13.0 Å². The summed E-state index contributed by atoms with van der Waals surface area (Å²) in [6, 6.07) is 4.13. The van der Waals surface area contributed by atoms with Crippen LogP contribution in [0.25, 0.3) is 0 Å². The minimum absolute atomic E-state index is 0.194. The number of oxime groups is 1. The maximum Gasteiger partial charge on any atom is 0.161 e. The molecule has 1 aromatic carbocycles. The lowest BCUT2D eigenvalue weighted by Crippen LogP contribution is -2.59. The third-order valence-corrected chi connectivity index (χ3v) is 6.71. The van der Waals surface area contributed by atoms with Crippen molar-refractivity contribution in [3.8, 4) is 11.5 Å². The third kappa shape index (κ3) is 2.76. The van der Waals surface area contributed by atoms with Gasteiger partial charge in [-0.3, -0.25) is 0 Å². The molecule has 0 spiro atoms. The van der Waals surface area contributed by atoms with E-state index in [9.17, 15) is 10.3 Å². The normalized spacial score (nSPS) is 33.9. The average molecular weight is 362 g/mol. The zero-order valence-corrected chi connectivity index (χ0v) is 16.3. The summed E-state index contributed by atoms with van der Waals surface area (Å²) < 4.78 is 11.0. The second kappa shape index (κ2) is 7.08. The van der Waals surface area contributed by atoms with Crippen molar-refractivity contribution < 1.29 is 19.8 Å². The van der Waals surface area contributed by atoms with Crippen LogP contribution in [0.3, 0.4) is 0 Å². The molecule has 2 fully saturated rings. The maximum absolute atomic E-state index is 11.0. The van der Waals surface area contributed by atoms with Gasteiger partial charge in [0.15, 0.2) is 11.5 Å². The van der Waals surface area contributed by atoms with Crippen molar-refractivity contribution in [3.05, 3.63) is 23.3 Å². The van der Waals surface area contributed by atoms with E-state index in [1.54, 1.807) is 20.3 Å². The molecule has 0 radical (unpaired) electrons. The third-order valence-electron chi connectivity index (χ3n) is 6.71. The van der Waals surface area contributed by atoms with Crippen LogP contribution in [0.15, 0.2) is 17.3 Å². The Bertz CT molecular complexity index is 705. The number of rotatable bonds is 3. The standard InChI is InChI=1S/C20H30N2O4/c1-12-6-7-16(25-4)19(23)18(12)20-8-9-22(3)13(2)14(20)10-17(26-5)15(11-20)21-24/h6-7,13-14,17,23-24H,8-11H2,1-5H3/b21-15+. The van der Waals surface area contributed by atoms with Crippen molar-refractivity contribution in [3.63, 3.8) is 0 Å². The Labute approximate surface area is 155 Å². The van der Waals surface area contributed by atoms with Crippen LogP contribution < -0.4 is 4.74 Å². The van der Waals surface area contributed by atoms with Crippen LogP contribution in [-0.4, -0.2) is 60.9 Å². The number of piperidine rings is 1. The Hall–Kier alpha value is -1.79.